The number of anilines is 1. The second kappa shape index (κ2) is 7.63. The minimum Gasteiger partial charge on any atom is -0.449 e. The zero-order chi connectivity index (χ0) is 16.8. The van der Waals surface area contributed by atoms with Crippen LogP contribution in [0.4, 0.5) is 11.4 Å². The molecule has 0 heterocycles. The number of hydrogen-bond acceptors (Lipinski definition) is 5. The summed E-state index contributed by atoms with van der Waals surface area (Å²) in [6, 6.07) is 4.42. The van der Waals surface area contributed by atoms with E-state index in [9.17, 15) is 14.9 Å². The van der Waals surface area contributed by atoms with Crippen molar-refractivity contribution >= 4 is 17.3 Å². The Morgan fingerprint density at radius 3 is 2.87 bits per heavy atom. The summed E-state index contributed by atoms with van der Waals surface area (Å²) in [5.41, 5.74) is 0.545. The molecule has 0 unspecified atom stereocenters. The Bertz CT molecular complexity index is 636. The first-order chi connectivity index (χ1) is 11.0. The van der Waals surface area contributed by atoms with Crippen molar-refractivity contribution in [1.29, 1.82) is 0 Å². The van der Waals surface area contributed by atoms with Crippen LogP contribution in [0.1, 0.15) is 43.0 Å². The van der Waals surface area contributed by atoms with Crippen LogP contribution in [0.15, 0.2) is 18.2 Å². The number of hydrogen-bond donors (Lipinski definition) is 1. The molecular formula is C17H20N2O4. The summed E-state index contributed by atoms with van der Waals surface area (Å²) in [5, 5.41) is 14.3. The van der Waals surface area contributed by atoms with Crippen LogP contribution in [0.25, 0.3) is 0 Å². The smallest absolute Gasteiger partial charge is 0.341 e. The van der Waals surface area contributed by atoms with Crippen molar-refractivity contribution in [3.8, 4) is 12.3 Å². The summed E-state index contributed by atoms with van der Waals surface area (Å²) in [6.07, 6.45) is 9.56. The van der Waals surface area contributed by atoms with Gasteiger partial charge in [-0.2, -0.15) is 0 Å². The summed E-state index contributed by atoms with van der Waals surface area (Å²) < 4.78 is 4.93. The van der Waals surface area contributed by atoms with E-state index in [1.165, 1.54) is 18.6 Å². The van der Waals surface area contributed by atoms with Gasteiger partial charge in [-0.05, 0) is 24.8 Å². The van der Waals surface area contributed by atoms with Crippen LogP contribution in [0.2, 0.25) is 0 Å². The molecule has 1 fully saturated rings. The minimum absolute atomic E-state index is 0.146. The van der Waals surface area contributed by atoms with Gasteiger partial charge in [0.25, 0.3) is 5.69 Å². The van der Waals surface area contributed by atoms with Crippen LogP contribution in [0, 0.1) is 28.4 Å². The van der Waals surface area contributed by atoms with E-state index in [0.29, 0.717) is 11.6 Å². The molecule has 1 aliphatic carbocycles. The maximum absolute atomic E-state index is 12.1. The standard InChI is InChI=1S/C17H20N2O4/c1-3-10-23-17(20)14-11-13(19(21)22)8-9-16(14)18-15-7-5-4-6-12(15)2/h1,8-9,11-12,15,18H,4-7,10H2,2H3/t12-,15+/m1/s1. The van der Waals surface area contributed by atoms with E-state index in [2.05, 4.69) is 18.2 Å². The van der Waals surface area contributed by atoms with Crippen LogP contribution in [0.5, 0.6) is 0 Å². The molecule has 6 nitrogen and oxygen atoms in total. The lowest BCUT2D eigenvalue weighted by Crippen LogP contribution is -2.31. The molecule has 0 radical (unpaired) electrons. The summed E-state index contributed by atoms with van der Waals surface area (Å²) in [7, 11) is 0. The van der Waals surface area contributed by atoms with Crippen molar-refractivity contribution in [2.75, 3.05) is 11.9 Å². The van der Waals surface area contributed by atoms with E-state index >= 15 is 0 Å². The summed E-state index contributed by atoms with van der Waals surface area (Å²) in [5.74, 6) is 2.04. The molecule has 122 valence electrons. The van der Waals surface area contributed by atoms with E-state index < -0.39 is 10.9 Å². The average molecular weight is 316 g/mol. The Labute approximate surface area is 135 Å². The van der Waals surface area contributed by atoms with Crippen LogP contribution in [-0.2, 0) is 4.74 Å². The SMILES string of the molecule is C#CCOC(=O)c1cc([N+](=O)[O-])ccc1N[C@H]1CCCC[C@H]1C. The second-order valence-electron chi connectivity index (χ2n) is 5.78. The molecule has 23 heavy (non-hydrogen) atoms. The Hall–Kier alpha value is -2.55. The first-order valence-electron chi connectivity index (χ1n) is 7.68. The van der Waals surface area contributed by atoms with Gasteiger partial charge in [0, 0.05) is 23.9 Å². The highest BCUT2D eigenvalue weighted by molar-refractivity contribution is 5.96. The number of non-ortho nitro benzene ring substituents is 1. The van der Waals surface area contributed by atoms with Gasteiger partial charge in [-0.1, -0.05) is 25.7 Å². The first-order valence-corrected chi connectivity index (χ1v) is 7.68. The van der Waals surface area contributed by atoms with E-state index in [0.717, 1.165) is 19.3 Å². The molecule has 2 atom stereocenters. The molecule has 0 aromatic heterocycles. The molecule has 0 aliphatic heterocycles. The first kappa shape index (κ1) is 16.8. The number of benzene rings is 1. The predicted octanol–water partition coefficient (Wildman–Crippen LogP) is 3.38. The molecule has 1 aliphatic rings. The van der Waals surface area contributed by atoms with Crippen molar-refractivity contribution in [2.24, 2.45) is 5.92 Å². The van der Waals surface area contributed by atoms with Gasteiger partial charge in [0.2, 0.25) is 0 Å². The number of carbonyl (C=O) groups is 1. The van der Waals surface area contributed by atoms with Crippen molar-refractivity contribution in [1.82, 2.24) is 0 Å². The van der Waals surface area contributed by atoms with Crippen molar-refractivity contribution in [3.63, 3.8) is 0 Å². The number of nitrogens with one attached hydrogen (secondary N) is 1. The molecule has 1 N–H and O–H groups in total. The highest BCUT2D eigenvalue weighted by Gasteiger charge is 2.24. The van der Waals surface area contributed by atoms with Gasteiger partial charge in [-0.15, -0.1) is 6.42 Å². The molecule has 2 rings (SSSR count). The molecule has 0 amide bonds. The Balaban J connectivity index is 2.27. The molecule has 1 aromatic rings. The van der Waals surface area contributed by atoms with Crippen LogP contribution in [-0.4, -0.2) is 23.5 Å². The number of nitrogens with zero attached hydrogens (tertiary/aromatic N) is 1. The lowest BCUT2D eigenvalue weighted by molar-refractivity contribution is -0.384. The lowest BCUT2D eigenvalue weighted by Gasteiger charge is -2.30. The lowest BCUT2D eigenvalue weighted by atomic mass is 9.85. The quantitative estimate of drug-likeness (QED) is 0.390. The molecule has 1 saturated carbocycles. The fourth-order valence-corrected chi connectivity index (χ4v) is 2.86. The Kier molecular flexibility index (Phi) is 5.58. The third kappa shape index (κ3) is 4.22. The third-order valence-electron chi connectivity index (χ3n) is 4.17. The third-order valence-corrected chi connectivity index (χ3v) is 4.17. The molecule has 6 heteroatoms. The molecule has 0 spiro atoms. The average Bonchev–Trinajstić information content (AvgIpc) is 2.54. The van der Waals surface area contributed by atoms with Gasteiger partial charge in [0.1, 0.15) is 0 Å². The van der Waals surface area contributed by atoms with E-state index in [-0.39, 0.29) is 23.9 Å². The number of terminal acetylenes is 1. The summed E-state index contributed by atoms with van der Waals surface area (Å²) in [4.78, 5) is 22.5. The van der Waals surface area contributed by atoms with Gasteiger partial charge < -0.3 is 10.1 Å². The van der Waals surface area contributed by atoms with E-state index in [1.54, 1.807) is 6.07 Å². The van der Waals surface area contributed by atoms with Crippen molar-refractivity contribution in [3.05, 3.63) is 33.9 Å². The van der Waals surface area contributed by atoms with E-state index in [4.69, 9.17) is 11.2 Å². The summed E-state index contributed by atoms with van der Waals surface area (Å²) in [6.45, 7) is 2.00. The topological polar surface area (TPSA) is 81.5 Å². The normalized spacial score (nSPS) is 20.3. The Morgan fingerprint density at radius 2 is 2.22 bits per heavy atom. The molecule has 0 bridgehead atoms. The molecular weight excluding hydrogens is 296 g/mol. The second-order valence-corrected chi connectivity index (χ2v) is 5.78. The molecule has 0 saturated heterocycles. The fraction of sp³-hybridized carbons (Fsp3) is 0.471. The number of nitro groups is 1. The van der Waals surface area contributed by atoms with Crippen LogP contribution in [0.3, 0.4) is 0 Å². The van der Waals surface area contributed by atoms with E-state index in [1.807, 2.05) is 0 Å². The number of esters is 1. The van der Waals surface area contributed by atoms with Gasteiger partial charge in [0.05, 0.1) is 10.5 Å². The fourth-order valence-electron chi connectivity index (χ4n) is 2.86. The van der Waals surface area contributed by atoms with Gasteiger partial charge in [-0.25, -0.2) is 4.79 Å². The Morgan fingerprint density at radius 1 is 1.48 bits per heavy atom. The predicted molar refractivity (Wildman–Crippen MR) is 87.3 cm³/mol. The van der Waals surface area contributed by atoms with Crippen LogP contribution < -0.4 is 5.32 Å². The van der Waals surface area contributed by atoms with Gasteiger partial charge in [-0.3, -0.25) is 10.1 Å². The largest absolute Gasteiger partial charge is 0.449 e. The van der Waals surface area contributed by atoms with Crippen molar-refractivity contribution in [2.45, 2.75) is 38.6 Å². The van der Waals surface area contributed by atoms with Gasteiger partial charge in [0.15, 0.2) is 6.61 Å². The molecule has 1 aromatic carbocycles. The number of nitro benzene ring substituents is 1. The zero-order valence-electron chi connectivity index (χ0n) is 13.1. The number of ether oxygens (including phenoxy) is 1. The number of carbonyl (C=O) groups excluding carboxylic acids is 1. The highest BCUT2D eigenvalue weighted by atomic mass is 16.6. The zero-order valence-corrected chi connectivity index (χ0v) is 13.1. The van der Waals surface area contributed by atoms with Crippen molar-refractivity contribution < 1.29 is 14.5 Å². The van der Waals surface area contributed by atoms with Gasteiger partial charge >= 0.3 is 5.97 Å². The maximum atomic E-state index is 12.1. The summed E-state index contributed by atoms with van der Waals surface area (Å²) >= 11 is 0. The maximum Gasteiger partial charge on any atom is 0.341 e. The monoisotopic (exact) mass is 316 g/mol. The minimum atomic E-state index is -0.655. The number of rotatable bonds is 5. The van der Waals surface area contributed by atoms with Crippen LogP contribution >= 0.6 is 0 Å². The highest BCUT2D eigenvalue weighted by Crippen LogP contribution is 2.30.